The third-order valence-corrected chi connectivity index (χ3v) is 5.22. The molecule has 1 aromatic heterocycles. The van der Waals surface area contributed by atoms with Crippen LogP contribution in [0.4, 0.5) is 26.3 Å². The summed E-state index contributed by atoms with van der Waals surface area (Å²) >= 11 is 0. The Balaban J connectivity index is 2.95. The molecule has 1 N–H and O–H groups in total. The first-order valence-corrected chi connectivity index (χ1v) is 11.7. The fourth-order valence-corrected chi connectivity index (χ4v) is 3.66. The highest BCUT2D eigenvalue weighted by Crippen LogP contribution is 2.44. The van der Waals surface area contributed by atoms with Crippen molar-refractivity contribution >= 4 is 29.2 Å². The summed E-state index contributed by atoms with van der Waals surface area (Å²) < 4.78 is 101. The first-order valence-electron chi connectivity index (χ1n) is 11.7. The molecule has 228 valence electrons. The maximum absolute atomic E-state index is 13.6. The molecular formula is C25H28F6N2O8. The second-order valence-electron chi connectivity index (χ2n) is 10.7. The molecule has 0 fully saturated rings. The van der Waals surface area contributed by atoms with Crippen molar-refractivity contribution in [3.05, 3.63) is 29.3 Å². The monoisotopic (exact) mass is 598 g/mol. The standard InChI is InChI=1S/C25H28F6N2O8/c1-21(2,3)40-19(36)16-12(38-7)10-13(32-16)23(20(37)41-22(4,5)6)14(39-8)9-11(33-23)15(17(34)24(26,27)28)18(35)25(29,30)31/h9-10,15,32H,1-8H3. The van der Waals surface area contributed by atoms with E-state index in [1.807, 2.05) is 0 Å². The van der Waals surface area contributed by atoms with Crippen LogP contribution in [0.3, 0.4) is 0 Å². The quantitative estimate of drug-likeness (QED) is 0.265. The third kappa shape index (κ3) is 7.08. The molecule has 0 bridgehead atoms. The Morgan fingerprint density at radius 3 is 1.71 bits per heavy atom. The van der Waals surface area contributed by atoms with Gasteiger partial charge < -0.3 is 23.9 Å². The molecule has 1 atom stereocenters. The molecule has 41 heavy (non-hydrogen) atoms. The summed E-state index contributed by atoms with van der Waals surface area (Å²) in [5, 5.41) is 0. The van der Waals surface area contributed by atoms with Gasteiger partial charge in [0.1, 0.15) is 22.9 Å². The number of rotatable bonds is 8. The lowest BCUT2D eigenvalue weighted by Crippen LogP contribution is -2.45. The van der Waals surface area contributed by atoms with E-state index in [4.69, 9.17) is 18.9 Å². The minimum Gasteiger partial charge on any atom is -0.497 e. The Morgan fingerprint density at radius 2 is 1.32 bits per heavy atom. The van der Waals surface area contributed by atoms with Crippen molar-refractivity contribution < 1.29 is 64.5 Å². The fourth-order valence-electron chi connectivity index (χ4n) is 3.66. The molecule has 10 nitrogen and oxygen atoms in total. The van der Waals surface area contributed by atoms with Crippen molar-refractivity contribution in [3.63, 3.8) is 0 Å². The summed E-state index contributed by atoms with van der Waals surface area (Å²) in [4.78, 5) is 56.9. The van der Waals surface area contributed by atoms with Gasteiger partial charge in [-0.15, -0.1) is 0 Å². The Bertz CT molecular complexity index is 1270. The van der Waals surface area contributed by atoms with Crippen LogP contribution in [-0.4, -0.2) is 72.0 Å². The predicted molar refractivity (Wildman–Crippen MR) is 128 cm³/mol. The number of aromatic amines is 1. The van der Waals surface area contributed by atoms with Gasteiger partial charge in [-0.2, -0.15) is 26.3 Å². The molecule has 0 saturated heterocycles. The van der Waals surface area contributed by atoms with Gasteiger partial charge >= 0.3 is 24.3 Å². The molecule has 0 aromatic carbocycles. The van der Waals surface area contributed by atoms with Gasteiger partial charge in [-0.25, -0.2) is 9.59 Å². The van der Waals surface area contributed by atoms with Crippen LogP contribution < -0.4 is 4.74 Å². The zero-order valence-corrected chi connectivity index (χ0v) is 23.2. The number of carbonyl (C=O) groups excluding carboxylic acids is 4. The summed E-state index contributed by atoms with van der Waals surface area (Å²) in [5.74, 6) is -13.1. The zero-order chi connectivity index (χ0) is 31.9. The molecule has 0 aliphatic carbocycles. The first kappa shape index (κ1) is 33.4. The minimum absolute atomic E-state index is 0.259. The minimum atomic E-state index is -5.90. The number of nitrogens with one attached hydrogen (secondary N) is 1. The van der Waals surface area contributed by atoms with Crippen molar-refractivity contribution in [1.82, 2.24) is 4.98 Å². The van der Waals surface area contributed by atoms with Crippen LogP contribution in [-0.2, 0) is 34.1 Å². The molecule has 1 unspecified atom stereocenters. The number of Topliss-reactive ketones (excluding diaryl/α,β-unsaturated/α-hetero) is 2. The van der Waals surface area contributed by atoms with Gasteiger partial charge in [0.2, 0.25) is 0 Å². The second-order valence-corrected chi connectivity index (χ2v) is 10.7. The zero-order valence-electron chi connectivity index (χ0n) is 23.2. The summed E-state index contributed by atoms with van der Waals surface area (Å²) in [7, 11) is 2.03. The topological polar surface area (TPSA) is 133 Å². The van der Waals surface area contributed by atoms with Gasteiger partial charge in [0, 0.05) is 12.1 Å². The number of alkyl halides is 6. The summed E-state index contributed by atoms with van der Waals surface area (Å²) in [5.41, 5.74) is -7.34. The SMILES string of the molecule is COC1=CC(C(C(=O)C(F)(F)F)C(=O)C(F)(F)F)=NC1(C(=O)OC(C)(C)C)c1cc(OC)c(C(=O)OC(C)(C)C)[nH]1. The number of ketones is 2. The van der Waals surface area contributed by atoms with Crippen molar-refractivity contribution in [2.24, 2.45) is 10.9 Å². The number of aromatic nitrogens is 1. The highest BCUT2D eigenvalue weighted by atomic mass is 19.4. The van der Waals surface area contributed by atoms with Crippen molar-refractivity contribution in [2.75, 3.05) is 14.2 Å². The molecule has 16 heteroatoms. The predicted octanol–water partition coefficient (Wildman–Crippen LogP) is 4.38. The number of ether oxygens (including phenoxy) is 4. The summed E-state index contributed by atoms with van der Waals surface area (Å²) in [6.45, 7) is 8.82. The van der Waals surface area contributed by atoms with Crippen LogP contribution in [0.5, 0.6) is 5.75 Å². The molecule has 0 amide bonds. The average molecular weight is 598 g/mol. The number of carbonyl (C=O) groups is 4. The first-order chi connectivity index (χ1) is 18.4. The molecule has 0 spiro atoms. The number of H-pyrrole nitrogens is 1. The van der Waals surface area contributed by atoms with Gasteiger partial charge in [-0.05, 0) is 41.5 Å². The number of esters is 2. The van der Waals surface area contributed by atoms with E-state index in [0.717, 1.165) is 20.3 Å². The smallest absolute Gasteiger partial charge is 0.451 e. The number of aliphatic imine (C=N–C) groups is 1. The average Bonchev–Trinajstić information content (AvgIpc) is 3.38. The van der Waals surface area contributed by atoms with E-state index in [1.165, 1.54) is 41.5 Å². The Hall–Kier alpha value is -3.85. The van der Waals surface area contributed by atoms with E-state index in [9.17, 15) is 45.5 Å². The number of hydrogen-bond acceptors (Lipinski definition) is 9. The van der Waals surface area contributed by atoms with E-state index in [1.54, 1.807) is 0 Å². The van der Waals surface area contributed by atoms with Crippen LogP contribution in [0.1, 0.15) is 57.7 Å². The van der Waals surface area contributed by atoms with E-state index in [0.29, 0.717) is 6.08 Å². The maximum atomic E-state index is 13.6. The van der Waals surface area contributed by atoms with Gasteiger partial charge in [0.05, 0.1) is 25.6 Å². The Kier molecular flexibility index (Phi) is 8.83. The largest absolute Gasteiger partial charge is 0.497 e. The highest BCUT2D eigenvalue weighted by molar-refractivity contribution is 6.28. The van der Waals surface area contributed by atoms with Gasteiger partial charge in [-0.3, -0.25) is 14.6 Å². The highest BCUT2D eigenvalue weighted by Gasteiger charge is 2.60. The second kappa shape index (κ2) is 10.9. The van der Waals surface area contributed by atoms with Gasteiger partial charge in [0.25, 0.3) is 17.1 Å². The summed E-state index contributed by atoms with van der Waals surface area (Å²) in [6.07, 6.45) is -11.4. The van der Waals surface area contributed by atoms with Gasteiger partial charge in [-0.1, -0.05) is 0 Å². The maximum Gasteiger partial charge on any atom is 0.451 e. The molecule has 2 rings (SSSR count). The van der Waals surface area contributed by atoms with Crippen LogP contribution in [0.25, 0.3) is 0 Å². The van der Waals surface area contributed by atoms with Crippen molar-refractivity contribution in [2.45, 2.75) is 70.6 Å². The van der Waals surface area contributed by atoms with E-state index in [2.05, 4.69) is 9.98 Å². The number of allylic oxidation sites excluding steroid dienone is 1. The third-order valence-electron chi connectivity index (χ3n) is 5.22. The molecule has 1 aromatic rings. The Morgan fingerprint density at radius 1 is 0.829 bits per heavy atom. The van der Waals surface area contributed by atoms with Crippen molar-refractivity contribution in [1.29, 1.82) is 0 Å². The summed E-state index contributed by atoms with van der Waals surface area (Å²) in [6, 6.07) is 0.995. The number of halogens is 6. The molecule has 1 aliphatic rings. The molecule has 0 saturated carbocycles. The normalized spacial score (nSPS) is 18.0. The van der Waals surface area contributed by atoms with E-state index >= 15 is 0 Å². The van der Waals surface area contributed by atoms with Gasteiger partial charge in [0.15, 0.2) is 11.4 Å². The molecule has 1 aliphatic heterocycles. The lowest BCUT2D eigenvalue weighted by Gasteiger charge is -2.30. The molecular weight excluding hydrogens is 570 g/mol. The number of methoxy groups -OCH3 is 2. The van der Waals surface area contributed by atoms with E-state index in [-0.39, 0.29) is 5.75 Å². The van der Waals surface area contributed by atoms with Crippen molar-refractivity contribution in [3.8, 4) is 5.75 Å². The van der Waals surface area contributed by atoms with Crippen LogP contribution in [0.2, 0.25) is 0 Å². The number of nitrogens with zero attached hydrogens (tertiary/aromatic N) is 1. The lowest BCUT2D eigenvalue weighted by atomic mass is 9.92. The van der Waals surface area contributed by atoms with E-state index < -0.39 is 81.4 Å². The number of hydrogen-bond donors (Lipinski definition) is 1. The lowest BCUT2D eigenvalue weighted by molar-refractivity contribution is -0.186. The van der Waals surface area contributed by atoms with Crippen LogP contribution in [0.15, 0.2) is 22.9 Å². The Labute approximate surface area is 230 Å². The molecule has 0 radical (unpaired) electrons. The fraction of sp³-hybridized carbons (Fsp3) is 0.560. The molecule has 2 heterocycles. The van der Waals surface area contributed by atoms with Crippen LogP contribution >= 0.6 is 0 Å². The van der Waals surface area contributed by atoms with Crippen LogP contribution in [0, 0.1) is 5.92 Å².